The van der Waals surface area contributed by atoms with E-state index >= 15 is 0 Å². The molecule has 9 nitrogen and oxygen atoms in total. The fourth-order valence-corrected chi connectivity index (χ4v) is 2.99. The van der Waals surface area contributed by atoms with Crippen molar-refractivity contribution in [1.29, 1.82) is 0 Å². The summed E-state index contributed by atoms with van der Waals surface area (Å²) in [4.78, 5) is 51.9. The third kappa shape index (κ3) is 5.83. The molecule has 2 amide bonds. The summed E-state index contributed by atoms with van der Waals surface area (Å²) in [6.07, 6.45) is -1.48. The summed E-state index contributed by atoms with van der Waals surface area (Å²) in [6.45, 7) is 9.46. The molecular formula is C19H35N3O6. The first-order chi connectivity index (χ1) is 12.7. The molecule has 9 heteroatoms. The van der Waals surface area contributed by atoms with Crippen molar-refractivity contribution in [2.45, 2.75) is 84.5 Å². The summed E-state index contributed by atoms with van der Waals surface area (Å²) in [7, 11) is 0. The van der Waals surface area contributed by atoms with Crippen molar-refractivity contribution >= 4 is 23.6 Å². The average Bonchev–Trinajstić information content (AvgIpc) is 2.57. The van der Waals surface area contributed by atoms with Crippen LogP contribution in [0.4, 0.5) is 0 Å². The summed E-state index contributed by atoms with van der Waals surface area (Å²) in [5, 5.41) is 19.7. The lowest BCUT2D eigenvalue weighted by molar-refractivity contribution is -0.174. The van der Waals surface area contributed by atoms with Crippen LogP contribution in [0.3, 0.4) is 0 Å². The quantitative estimate of drug-likeness (QED) is 0.358. The van der Waals surface area contributed by atoms with Gasteiger partial charge in [0.05, 0.1) is 18.2 Å². The lowest BCUT2D eigenvalue weighted by atomic mass is 9.79. The first-order valence-electron chi connectivity index (χ1n) is 9.57. The Labute approximate surface area is 166 Å². The highest BCUT2D eigenvalue weighted by Gasteiger charge is 2.56. The van der Waals surface area contributed by atoms with E-state index in [1.54, 1.807) is 27.7 Å². The number of carboxylic acid groups (broad SMARTS) is 1. The maximum atomic E-state index is 13.2. The van der Waals surface area contributed by atoms with Crippen LogP contribution in [0.5, 0.6) is 0 Å². The standard InChI is InChI=1S/C19H35N3O6/c1-7-11(4)15(21)17(26)22(16(25)13(6)20)19(18(27)28,9-10(2)3)14(24)8-12(5)23/h10-13,15,23H,7-9,20-21H2,1-6H3,(H,27,28). The van der Waals surface area contributed by atoms with Gasteiger partial charge in [0, 0.05) is 6.42 Å². The minimum atomic E-state index is -2.49. The molecule has 0 aromatic heterocycles. The highest BCUT2D eigenvalue weighted by atomic mass is 16.4. The van der Waals surface area contributed by atoms with Crippen LogP contribution in [0.2, 0.25) is 0 Å². The van der Waals surface area contributed by atoms with Crippen LogP contribution in [0.25, 0.3) is 0 Å². The molecule has 5 atom stereocenters. The lowest BCUT2D eigenvalue weighted by Crippen LogP contribution is -2.69. The topological polar surface area (TPSA) is 164 Å². The number of nitrogens with zero attached hydrogens (tertiary/aromatic N) is 1. The van der Waals surface area contributed by atoms with Crippen LogP contribution in [-0.4, -0.2) is 62.4 Å². The third-order valence-electron chi connectivity index (χ3n) is 4.75. The molecule has 0 aliphatic heterocycles. The highest BCUT2D eigenvalue weighted by Crippen LogP contribution is 2.30. The van der Waals surface area contributed by atoms with Gasteiger partial charge in [0.15, 0.2) is 5.78 Å². The lowest BCUT2D eigenvalue weighted by Gasteiger charge is -2.41. The number of imide groups is 1. The number of carbonyl (C=O) groups excluding carboxylic acids is 3. The SMILES string of the molecule is CCC(C)C(N)C(=O)N(C(=O)C(C)N)C(CC(C)C)(C(=O)O)C(=O)CC(C)O. The van der Waals surface area contributed by atoms with Crippen molar-refractivity contribution in [2.75, 3.05) is 0 Å². The number of rotatable bonds is 11. The van der Waals surface area contributed by atoms with Gasteiger partial charge < -0.3 is 21.7 Å². The smallest absolute Gasteiger partial charge is 0.337 e. The highest BCUT2D eigenvalue weighted by molar-refractivity contribution is 6.16. The number of amides is 2. The maximum Gasteiger partial charge on any atom is 0.337 e. The van der Waals surface area contributed by atoms with E-state index in [4.69, 9.17) is 11.5 Å². The molecular weight excluding hydrogens is 366 g/mol. The van der Waals surface area contributed by atoms with Crippen molar-refractivity contribution in [1.82, 2.24) is 4.90 Å². The Morgan fingerprint density at radius 2 is 1.50 bits per heavy atom. The summed E-state index contributed by atoms with van der Waals surface area (Å²) in [6, 6.07) is -2.41. The Morgan fingerprint density at radius 3 is 1.82 bits per heavy atom. The van der Waals surface area contributed by atoms with Gasteiger partial charge in [-0.05, 0) is 32.1 Å². The van der Waals surface area contributed by atoms with E-state index in [0.717, 1.165) is 0 Å². The van der Waals surface area contributed by atoms with Gasteiger partial charge in [-0.2, -0.15) is 0 Å². The van der Waals surface area contributed by atoms with Crippen LogP contribution in [0.1, 0.15) is 60.8 Å². The van der Waals surface area contributed by atoms with E-state index in [1.807, 2.05) is 0 Å². The monoisotopic (exact) mass is 401 g/mol. The molecule has 0 aliphatic rings. The van der Waals surface area contributed by atoms with Crippen molar-refractivity contribution in [3.05, 3.63) is 0 Å². The molecule has 28 heavy (non-hydrogen) atoms. The summed E-state index contributed by atoms with van der Waals surface area (Å²) < 4.78 is 0. The number of Topliss-reactive ketones (excluding diaryl/α,β-unsaturated/α-hetero) is 1. The first-order valence-corrected chi connectivity index (χ1v) is 9.57. The average molecular weight is 402 g/mol. The summed E-state index contributed by atoms with van der Waals surface area (Å²) in [5.74, 6) is -5.25. The molecule has 0 spiro atoms. The number of ketones is 1. The van der Waals surface area contributed by atoms with Crippen LogP contribution >= 0.6 is 0 Å². The Hall–Kier alpha value is -1.84. The summed E-state index contributed by atoms with van der Waals surface area (Å²) >= 11 is 0. The fourth-order valence-electron chi connectivity index (χ4n) is 2.99. The van der Waals surface area contributed by atoms with Crippen LogP contribution in [-0.2, 0) is 19.2 Å². The van der Waals surface area contributed by atoms with E-state index < -0.39 is 53.7 Å². The van der Waals surface area contributed by atoms with Crippen molar-refractivity contribution in [3.63, 3.8) is 0 Å². The maximum absolute atomic E-state index is 13.2. The number of aliphatic carboxylic acids is 1. The first kappa shape index (κ1) is 26.2. The van der Waals surface area contributed by atoms with Crippen LogP contribution < -0.4 is 11.5 Å². The molecule has 0 aromatic rings. The minimum Gasteiger partial charge on any atom is -0.479 e. The molecule has 0 rings (SSSR count). The normalized spacial score (nSPS) is 17.9. The number of carbonyl (C=O) groups is 4. The molecule has 5 unspecified atom stereocenters. The molecule has 6 N–H and O–H groups in total. The van der Waals surface area contributed by atoms with Gasteiger partial charge in [-0.25, -0.2) is 4.79 Å². The number of carboxylic acids is 1. The molecule has 0 bridgehead atoms. The third-order valence-corrected chi connectivity index (χ3v) is 4.75. The largest absolute Gasteiger partial charge is 0.479 e. The van der Waals surface area contributed by atoms with Gasteiger partial charge in [0.25, 0.3) is 0 Å². The van der Waals surface area contributed by atoms with Gasteiger partial charge in [-0.1, -0.05) is 34.1 Å². The molecule has 162 valence electrons. The number of aliphatic hydroxyl groups excluding tert-OH is 1. The minimum absolute atomic E-state index is 0.314. The zero-order valence-electron chi connectivity index (χ0n) is 17.6. The molecule has 0 saturated heterocycles. The van der Waals surface area contributed by atoms with E-state index in [2.05, 4.69) is 0 Å². The van der Waals surface area contributed by atoms with Crippen molar-refractivity contribution in [3.8, 4) is 0 Å². The van der Waals surface area contributed by atoms with Gasteiger partial charge in [0.2, 0.25) is 17.4 Å². The molecule has 0 aromatic carbocycles. The fraction of sp³-hybridized carbons (Fsp3) is 0.789. The predicted octanol–water partition coefficient (Wildman–Crippen LogP) is 0.272. The van der Waals surface area contributed by atoms with Crippen LogP contribution in [0.15, 0.2) is 0 Å². The van der Waals surface area contributed by atoms with Gasteiger partial charge in [0.1, 0.15) is 0 Å². The Kier molecular flexibility index (Phi) is 9.94. The van der Waals surface area contributed by atoms with Gasteiger partial charge >= 0.3 is 5.97 Å². The number of hydrogen-bond acceptors (Lipinski definition) is 7. The summed E-state index contributed by atoms with van der Waals surface area (Å²) in [5.41, 5.74) is 9.19. The molecule has 0 aliphatic carbocycles. The Bertz CT molecular complexity index is 590. The van der Waals surface area contributed by atoms with E-state index in [1.165, 1.54) is 13.8 Å². The van der Waals surface area contributed by atoms with Gasteiger partial charge in [-0.15, -0.1) is 0 Å². The number of nitrogens with two attached hydrogens (primary N) is 2. The molecule has 0 saturated carbocycles. The molecule has 0 fully saturated rings. The Balaban J connectivity index is 6.75. The Morgan fingerprint density at radius 1 is 1.00 bits per heavy atom. The number of hydrogen-bond donors (Lipinski definition) is 4. The van der Waals surface area contributed by atoms with Gasteiger partial charge in [-0.3, -0.25) is 19.3 Å². The van der Waals surface area contributed by atoms with E-state index in [0.29, 0.717) is 11.3 Å². The second-order valence-corrected chi connectivity index (χ2v) is 7.95. The van der Waals surface area contributed by atoms with Crippen LogP contribution in [0, 0.1) is 11.8 Å². The second-order valence-electron chi connectivity index (χ2n) is 7.95. The molecule has 0 radical (unpaired) electrons. The zero-order valence-corrected chi connectivity index (χ0v) is 17.6. The second kappa shape index (κ2) is 10.6. The predicted molar refractivity (Wildman–Crippen MR) is 104 cm³/mol. The van der Waals surface area contributed by atoms with E-state index in [-0.39, 0.29) is 18.3 Å². The molecule has 0 heterocycles. The van der Waals surface area contributed by atoms with E-state index in [9.17, 15) is 29.4 Å². The zero-order chi connectivity index (χ0) is 22.4. The van der Waals surface area contributed by atoms with Crippen molar-refractivity contribution in [2.24, 2.45) is 23.3 Å². The number of aliphatic hydroxyl groups is 1. The van der Waals surface area contributed by atoms with Crippen molar-refractivity contribution < 1.29 is 29.4 Å².